The van der Waals surface area contributed by atoms with Crippen molar-refractivity contribution in [3.05, 3.63) is 24.3 Å². The minimum absolute atomic E-state index is 0.364. The van der Waals surface area contributed by atoms with Crippen LogP contribution in [0.4, 0.5) is 0 Å². The second-order valence-corrected chi connectivity index (χ2v) is 6.15. The van der Waals surface area contributed by atoms with Gasteiger partial charge in [-0.2, -0.15) is 0 Å². The van der Waals surface area contributed by atoms with Gasteiger partial charge in [0, 0.05) is 5.66 Å². The Morgan fingerprint density at radius 2 is 2.09 bits per heavy atom. The molecule has 60 valence electrons. The molecule has 0 radical (unpaired) electrons. The van der Waals surface area contributed by atoms with Crippen LogP contribution in [0.5, 0.6) is 0 Å². The molecule has 0 nitrogen and oxygen atoms in total. The third kappa shape index (κ3) is 1.29. The second-order valence-electron chi connectivity index (χ2n) is 3.35. The van der Waals surface area contributed by atoms with Crippen LogP contribution >= 0.6 is 7.92 Å². The molecular weight excluding hydrogens is 151 g/mol. The van der Waals surface area contributed by atoms with Crippen LogP contribution in [0, 0.1) is 0 Å². The third-order valence-electron chi connectivity index (χ3n) is 2.77. The Hall–Kier alpha value is -0.0900. The zero-order chi connectivity index (χ0) is 7.68. The van der Waals surface area contributed by atoms with Crippen molar-refractivity contribution in [2.24, 2.45) is 0 Å². The fourth-order valence-corrected chi connectivity index (χ4v) is 4.75. The van der Waals surface area contributed by atoms with Crippen LogP contribution in [0.25, 0.3) is 0 Å². The monoisotopic (exact) mass is 166 g/mol. The van der Waals surface area contributed by atoms with E-state index in [9.17, 15) is 0 Å². The predicted octanol–water partition coefficient (Wildman–Crippen LogP) is 3.15. The fourth-order valence-electron chi connectivity index (χ4n) is 1.93. The number of hydrogen-bond acceptors (Lipinski definition) is 0. The van der Waals surface area contributed by atoms with E-state index in [1.807, 2.05) is 0 Å². The summed E-state index contributed by atoms with van der Waals surface area (Å²) in [5, 5.41) is 0. The lowest BCUT2D eigenvalue weighted by Crippen LogP contribution is -2.24. The normalized spacial score (nSPS) is 36.1. The SMILES string of the molecule is CCC1CCP1C1C=CC=C1. The van der Waals surface area contributed by atoms with E-state index in [0.717, 1.165) is 11.3 Å². The van der Waals surface area contributed by atoms with Gasteiger partial charge in [-0.05, 0) is 24.7 Å². The van der Waals surface area contributed by atoms with E-state index in [-0.39, 0.29) is 0 Å². The van der Waals surface area contributed by atoms with Gasteiger partial charge in [0.1, 0.15) is 0 Å². The molecule has 1 aliphatic carbocycles. The quantitative estimate of drug-likeness (QED) is 0.553. The molecule has 1 heteroatoms. The maximum Gasteiger partial charge on any atom is 0.0159 e. The van der Waals surface area contributed by atoms with Gasteiger partial charge in [0.25, 0.3) is 0 Å². The van der Waals surface area contributed by atoms with Crippen LogP contribution < -0.4 is 0 Å². The first-order chi connectivity index (χ1) is 5.42. The molecule has 1 saturated heterocycles. The van der Waals surface area contributed by atoms with Gasteiger partial charge in [-0.15, -0.1) is 0 Å². The van der Waals surface area contributed by atoms with E-state index in [2.05, 4.69) is 31.2 Å². The largest absolute Gasteiger partial charge is 0.0925 e. The van der Waals surface area contributed by atoms with Crippen molar-refractivity contribution in [3.63, 3.8) is 0 Å². The summed E-state index contributed by atoms with van der Waals surface area (Å²) in [5.74, 6) is 0. The molecular formula is C10H15P. The first-order valence-corrected chi connectivity index (χ1v) is 6.19. The molecule has 0 amide bonds. The van der Waals surface area contributed by atoms with E-state index in [0.29, 0.717) is 7.92 Å². The molecule has 2 rings (SSSR count). The minimum Gasteiger partial charge on any atom is -0.0925 e. The molecule has 1 heterocycles. The lowest BCUT2D eigenvalue weighted by Gasteiger charge is -2.39. The zero-order valence-electron chi connectivity index (χ0n) is 7.03. The Morgan fingerprint density at radius 3 is 2.55 bits per heavy atom. The van der Waals surface area contributed by atoms with Crippen molar-refractivity contribution in [1.29, 1.82) is 0 Å². The Morgan fingerprint density at radius 1 is 1.36 bits per heavy atom. The van der Waals surface area contributed by atoms with Gasteiger partial charge >= 0.3 is 0 Å². The molecule has 0 aromatic rings. The third-order valence-corrected chi connectivity index (χ3v) is 6.22. The van der Waals surface area contributed by atoms with Crippen LogP contribution in [0.2, 0.25) is 0 Å². The van der Waals surface area contributed by atoms with Crippen molar-refractivity contribution in [1.82, 2.24) is 0 Å². The fraction of sp³-hybridized carbons (Fsp3) is 0.600. The summed E-state index contributed by atoms with van der Waals surface area (Å²) < 4.78 is 0. The number of rotatable bonds is 2. The van der Waals surface area contributed by atoms with Crippen molar-refractivity contribution in [2.45, 2.75) is 31.1 Å². The first-order valence-electron chi connectivity index (χ1n) is 4.52. The lowest BCUT2D eigenvalue weighted by atomic mass is 10.2. The summed E-state index contributed by atoms with van der Waals surface area (Å²) in [4.78, 5) is 0. The zero-order valence-corrected chi connectivity index (χ0v) is 7.93. The Bertz CT molecular complexity index is 179. The number of hydrogen-bond donors (Lipinski definition) is 0. The lowest BCUT2D eigenvalue weighted by molar-refractivity contribution is 0.726. The van der Waals surface area contributed by atoms with E-state index >= 15 is 0 Å². The van der Waals surface area contributed by atoms with Crippen LogP contribution in [0.3, 0.4) is 0 Å². The van der Waals surface area contributed by atoms with E-state index in [4.69, 9.17) is 0 Å². The van der Waals surface area contributed by atoms with E-state index in [1.165, 1.54) is 19.0 Å². The van der Waals surface area contributed by atoms with E-state index < -0.39 is 0 Å². The predicted molar refractivity (Wildman–Crippen MR) is 52.6 cm³/mol. The van der Waals surface area contributed by atoms with Crippen molar-refractivity contribution < 1.29 is 0 Å². The average molecular weight is 166 g/mol. The Labute approximate surface area is 70.1 Å². The highest BCUT2D eigenvalue weighted by molar-refractivity contribution is 7.61. The van der Waals surface area contributed by atoms with Gasteiger partial charge in [0.15, 0.2) is 0 Å². The van der Waals surface area contributed by atoms with Crippen LogP contribution in [0.1, 0.15) is 19.8 Å². The highest BCUT2D eigenvalue weighted by Gasteiger charge is 2.32. The summed E-state index contributed by atoms with van der Waals surface area (Å²) in [5.41, 5.74) is 1.94. The second kappa shape index (κ2) is 3.11. The molecule has 2 aliphatic rings. The first kappa shape index (κ1) is 7.55. The molecule has 1 aliphatic heterocycles. The van der Waals surface area contributed by atoms with Crippen molar-refractivity contribution in [3.8, 4) is 0 Å². The molecule has 1 fully saturated rings. The molecule has 0 aromatic heterocycles. The summed E-state index contributed by atoms with van der Waals surface area (Å²) in [7, 11) is 0.364. The van der Waals surface area contributed by atoms with Crippen LogP contribution in [0.15, 0.2) is 24.3 Å². The Balaban J connectivity index is 1.95. The molecule has 2 atom stereocenters. The summed E-state index contributed by atoms with van der Waals surface area (Å²) in [6, 6.07) is 0. The van der Waals surface area contributed by atoms with Gasteiger partial charge in [-0.25, -0.2) is 0 Å². The van der Waals surface area contributed by atoms with Crippen LogP contribution in [-0.2, 0) is 0 Å². The maximum absolute atomic E-state index is 2.38. The average Bonchev–Trinajstić information content (AvgIpc) is 2.39. The molecule has 11 heavy (non-hydrogen) atoms. The standard InChI is InChI=1S/C10H15P/c1-2-9-7-8-11(9)10-5-3-4-6-10/h3-6,9-10H,2,7-8H2,1H3. The van der Waals surface area contributed by atoms with Gasteiger partial charge in [0.2, 0.25) is 0 Å². The van der Waals surface area contributed by atoms with Gasteiger partial charge in [0.05, 0.1) is 0 Å². The molecule has 0 aromatic carbocycles. The van der Waals surface area contributed by atoms with E-state index in [1.54, 1.807) is 0 Å². The van der Waals surface area contributed by atoms with Crippen molar-refractivity contribution >= 4 is 7.92 Å². The van der Waals surface area contributed by atoms with Gasteiger partial charge in [-0.1, -0.05) is 39.1 Å². The number of allylic oxidation sites excluding steroid dienone is 4. The molecule has 2 unspecified atom stereocenters. The smallest absolute Gasteiger partial charge is 0.0159 e. The van der Waals surface area contributed by atoms with Crippen LogP contribution in [-0.4, -0.2) is 17.5 Å². The highest BCUT2D eigenvalue weighted by atomic mass is 31.1. The summed E-state index contributed by atoms with van der Waals surface area (Å²) >= 11 is 0. The molecule has 0 bridgehead atoms. The maximum atomic E-state index is 2.38. The minimum atomic E-state index is 0.364. The van der Waals surface area contributed by atoms with Crippen molar-refractivity contribution in [2.75, 3.05) is 6.16 Å². The summed E-state index contributed by atoms with van der Waals surface area (Å²) in [6.07, 6.45) is 13.6. The Kier molecular flexibility index (Phi) is 2.13. The topological polar surface area (TPSA) is 0 Å². The summed E-state index contributed by atoms with van der Waals surface area (Å²) in [6.45, 7) is 2.33. The van der Waals surface area contributed by atoms with Gasteiger partial charge < -0.3 is 0 Å². The molecule has 0 spiro atoms. The molecule has 0 N–H and O–H groups in total. The highest BCUT2D eigenvalue weighted by Crippen LogP contribution is 2.59. The van der Waals surface area contributed by atoms with Gasteiger partial charge in [-0.3, -0.25) is 0 Å². The molecule has 0 saturated carbocycles.